The molecule has 0 spiro atoms. The van der Waals surface area contributed by atoms with Crippen molar-refractivity contribution in [1.29, 1.82) is 0 Å². The van der Waals surface area contributed by atoms with Crippen molar-refractivity contribution in [3.05, 3.63) is 32.2 Å². The molecule has 1 rings (SSSR count). The van der Waals surface area contributed by atoms with Gasteiger partial charge in [0.25, 0.3) is 0 Å². The predicted molar refractivity (Wildman–Crippen MR) is 79.9 cm³/mol. The van der Waals surface area contributed by atoms with Gasteiger partial charge in [0.2, 0.25) is 0 Å². The molecule has 0 fully saturated rings. The van der Waals surface area contributed by atoms with Crippen molar-refractivity contribution in [2.75, 3.05) is 19.8 Å². The Hall–Kier alpha value is -0.110. The van der Waals surface area contributed by atoms with E-state index < -0.39 is 12.8 Å². The van der Waals surface area contributed by atoms with Crippen molar-refractivity contribution in [1.82, 2.24) is 5.32 Å². The van der Waals surface area contributed by atoms with E-state index >= 15 is 0 Å². The lowest BCUT2D eigenvalue weighted by Gasteiger charge is -2.21. The first-order valence-electron chi connectivity index (χ1n) is 6.08. The van der Waals surface area contributed by atoms with Gasteiger partial charge in [0.05, 0.1) is 12.6 Å². The van der Waals surface area contributed by atoms with Crippen LogP contribution in [0.15, 0.2) is 21.1 Å². The topological polar surface area (TPSA) is 21.3 Å². The van der Waals surface area contributed by atoms with Crippen LogP contribution in [0.1, 0.15) is 24.1 Å². The second kappa shape index (κ2) is 7.77. The third-order valence-corrected chi connectivity index (χ3v) is 4.20. The van der Waals surface area contributed by atoms with Crippen molar-refractivity contribution < 1.29 is 17.9 Å². The Morgan fingerprint density at radius 3 is 2.45 bits per heavy atom. The molecule has 0 aliphatic rings. The normalized spacial score (nSPS) is 13.6. The summed E-state index contributed by atoms with van der Waals surface area (Å²) in [6.07, 6.45) is -4.30. The third-order valence-electron chi connectivity index (χ3n) is 2.65. The zero-order valence-corrected chi connectivity index (χ0v) is 14.3. The van der Waals surface area contributed by atoms with Gasteiger partial charge in [0.1, 0.15) is 6.61 Å². The van der Waals surface area contributed by atoms with Gasteiger partial charge in [-0.1, -0.05) is 38.8 Å². The maximum atomic E-state index is 12.1. The van der Waals surface area contributed by atoms with Crippen molar-refractivity contribution in [3.8, 4) is 0 Å². The van der Waals surface area contributed by atoms with E-state index in [1.165, 1.54) is 0 Å². The Morgan fingerprint density at radius 2 is 1.90 bits per heavy atom. The second-order valence-corrected chi connectivity index (χ2v) is 6.07. The van der Waals surface area contributed by atoms with Gasteiger partial charge in [-0.25, -0.2) is 0 Å². The first-order chi connectivity index (χ1) is 9.24. The molecule has 1 aromatic rings. The molecule has 7 heteroatoms. The molecule has 0 heterocycles. The van der Waals surface area contributed by atoms with E-state index in [1.807, 2.05) is 26.0 Å². The Balaban J connectivity index is 2.83. The summed E-state index contributed by atoms with van der Waals surface area (Å²) in [5.74, 6) is 0. The van der Waals surface area contributed by atoms with Crippen LogP contribution in [0.2, 0.25) is 0 Å². The molecule has 1 unspecified atom stereocenters. The van der Waals surface area contributed by atoms with E-state index in [2.05, 4.69) is 37.2 Å². The smallest absolute Gasteiger partial charge is 0.370 e. The summed E-state index contributed by atoms with van der Waals surface area (Å²) >= 11 is 6.87. The number of halogens is 5. The molecule has 0 radical (unpaired) electrons. The van der Waals surface area contributed by atoms with E-state index in [0.717, 1.165) is 20.1 Å². The van der Waals surface area contributed by atoms with Crippen molar-refractivity contribution in [2.45, 2.75) is 26.1 Å². The Kier molecular flexibility index (Phi) is 6.97. The fraction of sp³-hybridized carbons (Fsp3) is 0.538. The minimum Gasteiger partial charge on any atom is -0.370 e. The number of hydrogen-bond acceptors (Lipinski definition) is 2. The van der Waals surface area contributed by atoms with E-state index in [-0.39, 0.29) is 12.6 Å². The predicted octanol–water partition coefficient (Wildman–Crippen LogP) is 4.75. The number of nitrogens with one attached hydrogen (secondary N) is 1. The molecule has 0 saturated heterocycles. The van der Waals surface area contributed by atoms with Gasteiger partial charge in [-0.15, -0.1) is 0 Å². The molecule has 0 saturated carbocycles. The van der Waals surface area contributed by atoms with Crippen LogP contribution in [-0.2, 0) is 4.74 Å². The van der Waals surface area contributed by atoms with Crippen LogP contribution in [0.4, 0.5) is 13.2 Å². The first-order valence-corrected chi connectivity index (χ1v) is 7.66. The maximum Gasteiger partial charge on any atom is 0.411 e. The summed E-state index contributed by atoms with van der Waals surface area (Å²) in [6, 6.07) is 3.52. The average molecular weight is 419 g/mol. The van der Waals surface area contributed by atoms with Gasteiger partial charge < -0.3 is 10.1 Å². The molecule has 114 valence electrons. The molecule has 2 nitrogen and oxygen atoms in total. The Bertz CT molecular complexity index is 452. The van der Waals surface area contributed by atoms with E-state index in [1.54, 1.807) is 0 Å². The fourth-order valence-corrected chi connectivity index (χ4v) is 2.82. The summed E-state index contributed by atoms with van der Waals surface area (Å²) in [4.78, 5) is 0. The average Bonchev–Trinajstić information content (AvgIpc) is 2.31. The maximum absolute atomic E-state index is 12.1. The molecule has 20 heavy (non-hydrogen) atoms. The quantitative estimate of drug-likeness (QED) is 0.719. The SMILES string of the molecule is CCNC(COCC(F)(F)F)c1cc(Br)c(C)cc1Br. The van der Waals surface area contributed by atoms with Crippen molar-refractivity contribution >= 4 is 31.9 Å². The van der Waals surface area contributed by atoms with E-state index in [0.29, 0.717) is 6.54 Å². The summed E-state index contributed by atoms with van der Waals surface area (Å²) in [5.41, 5.74) is 1.92. The van der Waals surface area contributed by atoms with Gasteiger partial charge >= 0.3 is 6.18 Å². The number of benzene rings is 1. The minimum atomic E-state index is -4.30. The highest BCUT2D eigenvalue weighted by atomic mass is 79.9. The van der Waals surface area contributed by atoms with Crippen LogP contribution < -0.4 is 5.32 Å². The minimum absolute atomic E-state index is 0.0402. The molecular weight excluding hydrogens is 403 g/mol. The van der Waals surface area contributed by atoms with Crippen molar-refractivity contribution in [3.63, 3.8) is 0 Å². The molecule has 1 aromatic carbocycles. The number of alkyl halides is 3. The monoisotopic (exact) mass is 417 g/mol. The van der Waals surface area contributed by atoms with Gasteiger partial charge in [0.15, 0.2) is 0 Å². The van der Waals surface area contributed by atoms with Crippen LogP contribution in [-0.4, -0.2) is 25.9 Å². The van der Waals surface area contributed by atoms with Crippen LogP contribution in [0.3, 0.4) is 0 Å². The highest BCUT2D eigenvalue weighted by molar-refractivity contribution is 9.11. The summed E-state index contributed by atoms with van der Waals surface area (Å²) in [7, 11) is 0. The van der Waals surface area contributed by atoms with Gasteiger partial charge in [-0.3, -0.25) is 0 Å². The highest BCUT2D eigenvalue weighted by Crippen LogP contribution is 2.30. The fourth-order valence-electron chi connectivity index (χ4n) is 1.73. The van der Waals surface area contributed by atoms with Crippen LogP contribution in [0, 0.1) is 6.92 Å². The third kappa shape index (κ3) is 5.71. The van der Waals surface area contributed by atoms with Gasteiger partial charge in [0, 0.05) is 8.95 Å². The van der Waals surface area contributed by atoms with E-state index in [4.69, 9.17) is 4.74 Å². The molecule has 1 atom stereocenters. The van der Waals surface area contributed by atoms with Crippen LogP contribution >= 0.6 is 31.9 Å². The lowest BCUT2D eigenvalue weighted by atomic mass is 10.1. The zero-order chi connectivity index (χ0) is 15.3. The molecular formula is C13H16Br2F3NO. The molecule has 0 aromatic heterocycles. The molecule has 0 aliphatic heterocycles. The summed E-state index contributed by atoms with van der Waals surface area (Å²) in [5, 5.41) is 3.13. The second-order valence-electron chi connectivity index (χ2n) is 4.36. The number of rotatable bonds is 6. The van der Waals surface area contributed by atoms with Gasteiger partial charge in [-0.2, -0.15) is 13.2 Å². The van der Waals surface area contributed by atoms with Crippen molar-refractivity contribution in [2.24, 2.45) is 0 Å². The Labute approximate surface area is 133 Å². The zero-order valence-electron chi connectivity index (χ0n) is 11.2. The first kappa shape index (κ1) is 17.9. The standard InChI is InChI=1S/C13H16Br2F3NO/c1-3-19-12(6-20-7-13(16,17)18)9-5-10(14)8(2)4-11(9)15/h4-5,12,19H,3,6-7H2,1-2H3. The Morgan fingerprint density at radius 1 is 1.25 bits per heavy atom. The van der Waals surface area contributed by atoms with Crippen LogP contribution in [0.25, 0.3) is 0 Å². The summed E-state index contributed by atoms with van der Waals surface area (Å²) < 4.78 is 42.9. The number of aryl methyl sites for hydroxylation is 1. The number of hydrogen-bond donors (Lipinski definition) is 1. The summed E-state index contributed by atoms with van der Waals surface area (Å²) in [6.45, 7) is 3.20. The molecule has 1 N–H and O–H groups in total. The number of likely N-dealkylation sites (N-methyl/N-ethyl adjacent to an activating group) is 1. The van der Waals surface area contributed by atoms with Crippen LogP contribution in [0.5, 0.6) is 0 Å². The molecule has 0 amide bonds. The lowest BCUT2D eigenvalue weighted by Crippen LogP contribution is -2.28. The van der Waals surface area contributed by atoms with Gasteiger partial charge in [-0.05, 0) is 36.7 Å². The molecule has 0 aliphatic carbocycles. The molecule has 0 bridgehead atoms. The number of ether oxygens (including phenoxy) is 1. The lowest BCUT2D eigenvalue weighted by molar-refractivity contribution is -0.175. The largest absolute Gasteiger partial charge is 0.411 e. The van der Waals surface area contributed by atoms with E-state index in [9.17, 15) is 13.2 Å². The highest BCUT2D eigenvalue weighted by Gasteiger charge is 2.28.